The lowest BCUT2D eigenvalue weighted by Crippen LogP contribution is -2.32. The maximum atomic E-state index is 13.1. The third-order valence-electron chi connectivity index (χ3n) is 4.97. The summed E-state index contributed by atoms with van der Waals surface area (Å²) in [7, 11) is 1.60. The van der Waals surface area contributed by atoms with Crippen LogP contribution in [0.15, 0.2) is 81.0 Å². The quantitative estimate of drug-likeness (QED) is 0.321. The van der Waals surface area contributed by atoms with Gasteiger partial charge in [-0.25, -0.2) is 9.79 Å². The Morgan fingerprint density at radius 1 is 1.09 bits per heavy atom. The molecule has 1 aliphatic heterocycles. The summed E-state index contributed by atoms with van der Waals surface area (Å²) in [5.41, 5.74) is 2.07. The normalized spacial score (nSPS) is 15.9. The molecule has 2 heterocycles. The molecule has 0 radical (unpaired) electrons. The zero-order chi connectivity index (χ0) is 23.9. The van der Waals surface area contributed by atoms with Gasteiger partial charge in [-0.1, -0.05) is 30.3 Å². The van der Waals surface area contributed by atoms with Crippen molar-refractivity contribution >= 4 is 40.6 Å². The molecular weight excluding hydrogens is 452 g/mol. The molecule has 1 aliphatic rings. The molecule has 0 spiro atoms. The van der Waals surface area contributed by atoms with Gasteiger partial charge in [0.15, 0.2) is 5.17 Å². The summed E-state index contributed by atoms with van der Waals surface area (Å²) in [6.07, 6.45) is 1.72. The first-order valence-corrected chi connectivity index (χ1v) is 11.6. The molecule has 1 aromatic heterocycles. The van der Waals surface area contributed by atoms with Crippen molar-refractivity contribution in [2.45, 2.75) is 6.92 Å². The number of methoxy groups -OCH3 is 1. The minimum atomic E-state index is -0.360. The molecule has 8 heteroatoms. The van der Waals surface area contributed by atoms with Crippen molar-refractivity contribution < 1.29 is 23.5 Å². The predicted octanol–water partition coefficient (Wildman–Crippen LogP) is 5.37. The van der Waals surface area contributed by atoms with Crippen LogP contribution in [0.5, 0.6) is 0 Å². The van der Waals surface area contributed by atoms with E-state index < -0.39 is 0 Å². The fraction of sp³-hybridized carbons (Fsp3) is 0.192. The molecular formula is C26H24N2O5S. The van der Waals surface area contributed by atoms with E-state index in [1.807, 2.05) is 36.4 Å². The number of hydrogen-bond donors (Lipinski definition) is 0. The smallest absolute Gasteiger partial charge is 0.338 e. The number of amidine groups is 1. The highest BCUT2D eigenvalue weighted by Crippen LogP contribution is 2.35. The van der Waals surface area contributed by atoms with Gasteiger partial charge >= 0.3 is 5.97 Å². The van der Waals surface area contributed by atoms with Crippen molar-refractivity contribution in [2.75, 3.05) is 26.9 Å². The molecule has 0 saturated carbocycles. The first-order chi connectivity index (χ1) is 16.6. The SMILES string of the molecule is CCOC(=O)c1ccc(-c2ccc(C=C3SC(=Nc4ccccc4)N(CCOC)C3=O)o2)cc1. The number of rotatable bonds is 8. The summed E-state index contributed by atoms with van der Waals surface area (Å²) >= 11 is 1.30. The molecule has 34 heavy (non-hydrogen) atoms. The lowest BCUT2D eigenvalue weighted by atomic mass is 10.1. The number of esters is 1. The van der Waals surface area contributed by atoms with Crippen LogP contribution >= 0.6 is 11.8 Å². The van der Waals surface area contributed by atoms with Crippen LogP contribution < -0.4 is 0 Å². The summed E-state index contributed by atoms with van der Waals surface area (Å²) in [6, 6.07) is 20.1. The predicted molar refractivity (Wildman–Crippen MR) is 133 cm³/mol. The summed E-state index contributed by atoms with van der Waals surface area (Å²) in [6.45, 7) is 2.90. The van der Waals surface area contributed by atoms with Crippen LogP contribution in [-0.4, -0.2) is 48.8 Å². The number of hydrogen-bond acceptors (Lipinski definition) is 7. The molecule has 0 atom stereocenters. The first-order valence-electron chi connectivity index (χ1n) is 10.8. The lowest BCUT2D eigenvalue weighted by molar-refractivity contribution is -0.122. The number of ether oxygens (including phenoxy) is 2. The molecule has 1 amide bonds. The Morgan fingerprint density at radius 3 is 2.56 bits per heavy atom. The summed E-state index contributed by atoms with van der Waals surface area (Å²) in [5, 5.41) is 0.598. The van der Waals surface area contributed by atoms with Crippen LogP contribution in [0.2, 0.25) is 0 Å². The van der Waals surface area contributed by atoms with Gasteiger partial charge in [0.1, 0.15) is 11.5 Å². The molecule has 3 aromatic rings. The van der Waals surface area contributed by atoms with Crippen LogP contribution in [-0.2, 0) is 14.3 Å². The third kappa shape index (κ3) is 5.47. The number of carbonyl (C=O) groups is 2. The number of aliphatic imine (C=N–C) groups is 1. The lowest BCUT2D eigenvalue weighted by Gasteiger charge is -2.14. The molecule has 2 aromatic carbocycles. The van der Waals surface area contributed by atoms with Crippen LogP contribution in [0.25, 0.3) is 17.4 Å². The third-order valence-corrected chi connectivity index (χ3v) is 5.98. The highest BCUT2D eigenvalue weighted by molar-refractivity contribution is 8.18. The Morgan fingerprint density at radius 2 is 1.85 bits per heavy atom. The molecule has 174 valence electrons. The van der Waals surface area contributed by atoms with Crippen molar-refractivity contribution in [3.8, 4) is 11.3 Å². The zero-order valence-corrected chi connectivity index (χ0v) is 19.7. The Balaban J connectivity index is 1.55. The molecule has 0 N–H and O–H groups in total. The first kappa shape index (κ1) is 23.5. The summed E-state index contributed by atoms with van der Waals surface area (Å²) < 4.78 is 16.1. The highest BCUT2D eigenvalue weighted by Gasteiger charge is 2.33. The summed E-state index contributed by atoms with van der Waals surface area (Å²) in [4.78, 5) is 31.7. The molecule has 1 saturated heterocycles. The van der Waals surface area contributed by atoms with Crippen molar-refractivity contribution in [3.05, 3.63) is 83.0 Å². The van der Waals surface area contributed by atoms with Gasteiger partial charge in [-0.3, -0.25) is 9.69 Å². The van der Waals surface area contributed by atoms with Crippen molar-refractivity contribution in [3.63, 3.8) is 0 Å². The number of thioether (sulfide) groups is 1. The van der Waals surface area contributed by atoms with Gasteiger partial charge in [-0.15, -0.1) is 0 Å². The Kier molecular flexibility index (Phi) is 7.61. The second-order valence-electron chi connectivity index (χ2n) is 7.29. The van der Waals surface area contributed by atoms with Crippen molar-refractivity contribution in [1.29, 1.82) is 0 Å². The van der Waals surface area contributed by atoms with E-state index in [0.717, 1.165) is 11.3 Å². The van der Waals surface area contributed by atoms with Crippen LogP contribution in [0, 0.1) is 0 Å². The maximum Gasteiger partial charge on any atom is 0.338 e. The monoisotopic (exact) mass is 476 g/mol. The van der Waals surface area contributed by atoms with Gasteiger partial charge in [0.05, 0.1) is 35.9 Å². The van der Waals surface area contributed by atoms with Crippen LogP contribution in [0.3, 0.4) is 0 Å². The van der Waals surface area contributed by atoms with E-state index in [1.165, 1.54) is 11.8 Å². The van der Waals surface area contributed by atoms with Gasteiger partial charge in [0.2, 0.25) is 0 Å². The molecule has 1 fully saturated rings. The fourth-order valence-corrected chi connectivity index (χ4v) is 4.29. The average Bonchev–Trinajstić information content (AvgIpc) is 3.43. The van der Waals surface area contributed by atoms with Gasteiger partial charge in [-0.2, -0.15) is 0 Å². The van der Waals surface area contributed by atoms with E-state index in [9.17, 15) is 9.59 Å². The largest absolute Gasteiger partial charge is 0.462 e. The van der Waals surface area contributed by atoms with E-state index in [4.69, 9.17) is 13.9 Å². The fourth-order valence-electron chi connectivity index (χ4n) is 3.28. The van der Waals surface area contributed by atoms with Crippen LogP contribution in [0.1, 0.15) is 23.0 Å². The maximum absolute atomic E-state index is 13.1. The number of amides is 1. The number of nitrogens with zero attached hydrogens (tertiary/aromatic N) is 2. The summed E-state index contributed by atoms with van der Waals surface area (Å²) in [5.74, 6) is 0.676. The van der Waals surface area contributed by atoms with E-state index in [0.29, 0.717) is 46.9 Å². The molecule has 0 bridgehead atoms. The minimum absolute atomic E-state index is 0.145. The van der Waals surface area contributed by atoms with Crippen molar-refractivity contribution in [1.82, 2.24) is 4.90 Å². The zero-order valence-electron chi connectivity index (χ0n) is 18.9. The number of furan rings is 1. The van der Waals surface area contributed by atoms with E-state index in [-0.39, 0.29) is 11.9 Å². The number of carbonyl (C=O) groups excluding carboxylic acids is 2. The topological polar surface area (TPSA) is 81.3 Å². The Labute approximate surface area is 202 Å². The number of benzene rings is 2. The van der Waals surface area contributed by atoms with Gasteiger partial charge in [0, 0.05) is 18.7 Å². The van der Waals surface area contributed by atoms with Gasteiger partial charge in [0.25, 0.3) is 5.91 Å². The standard InChI is InChI=1S/C26H24N2O5S/c1-3-32-25(30)19-11-9-18(10-12-19)22-14-13-21(33-22)17-23-24(29)28(15-16-31-2)26(34-23)27-20-7-5-4-6-8-20/h4-14,17H,3,15-16H2,1-2H3. The van der Waals surface area contributed by atoms with Crippen molar-refractivity contribution in [2.24, 2.45) is 4.99 Å². The minimum Gasteiger partial charge on any atom is -0.462 e. The molecule has 0 aliphatic carbocycles. The van der Waals surface area contributed by atoms with E-state index >= 15 is 0 Å². The highest BCUT2D eigenvalue weighted by atomic mass is 32.2. The number of para-hydroxylation sites is 1. The van der Waals surface area contributed by atoms with Crippen LogP contribution in [0.4, 0.5) is 5.69 Å². The molecule has 7 nitrogen and oxygen atoms in total. The molecule has 0 unspecified atom stereocenters. The van der Waals surface area contributed by atoms with E-state index in [2.05, 4.69) is 4.99 Å². The van der Waals surface area contributed by atoms with E-state index in [1.54, 1.807) is 55.3 Å². The Bertz CT molecular complexity index is 1220. The second kappa shape index (κ2) is 11.0. The van der Waals surface area contributed by atoms with Gasteiger partial charge in [-0.05, 0) is 55.1 Å². The van der Waals surface area contributed by atoms with Gasteiger partial charge < -0.3 is 13.9 Å². The average molecular weight is 477 g/mol. The second-order valence-corrected chi connectivity index (χ2v) is 8.30. The Hall–Kier alpha value is -3.62. The molecule has 4 rings (SSSR count).